The van der Waals surface area contributed by atoms with Gasteiger partial charge in [0.25, 0.3) is 0 Å². The molecule has 1 N–H and O–H groups in total. The van der Waals surface area contributed by atoms with Gasteiger partial charge in [0.15, 0.2) is 6.17 Å². The molecule has 0 aromatic carbocycles. The molecule has 2 aromatic heterocycles. The molecule has 0 fully saturated rings. The number of aryl methyl sites for hydroxylation is 1. The van der Waals surface area contributed by atoms with Crippen LogP contribution in [0.5, 0.6) is 0 Å². The van der Waals surface area contributed by atoms with Crippen molar-refractivity contribution in [3.05, 3.63) is 24.3 Å². The summed E-state index contributed by atoms with van der Waals surface area (Å²) in [6.07, 6.45) is 5.05. The fourth-order valence-electron chi connectivity index (χ4n) is 2.19. The number of aromatic nitrogens is 3. The Morgan fingerprint density at radius 3 is 3.05 bits per heavy atom. The lowest BCUT2D eigenvalue weighted by molar-refractivity contribution is 0.636. The van der Waals surface area contributed by atoms with Crippen molar-refractivity contribution in [2.24, 2.45) is 15.2 Å². The number of azo groups is 1. The van der Waals surface area contributed by atoms with Gasteiger partial charge in [-0.05, 0) is 25.8 Å². The molecule has 2 aromatic rings. The van der Waals surface area contributed by atoms with Crippen LogP contribution in [-0.4, -0.2) is 33.4 Å². The van der Waals surface area contributed by atoms with E-state index >= 15 is 0 Å². The maximum atomic E-state index is 4.60. The molecule has 0 radical (unpaired) electrons. The lowest BCUT2D eigenvalue weighted by atomic mass is 10.2. The second-order valence-electron chi connectivity index (χ2n) is 4.38. The molecule has 0 bridgehead atoms. The van der Waals surface area contributed by atoms with Crippen molar-refractivity contribution in [1.29, 1.82) is 0 Å². The molecule has 1 aliphatic rings. The van der Waals surface area contributed by atoms with Gasteiger partial charge in [-0.3, -0.25) is 4.40 Å². The Balaban J connectivity index is 1.82. The first kappa shape index (κ1) is 11.8. The lowest BCUT2D eigenvalue weighted by Crippen LogP contribution is -2.03. The largest absolute Gasteiger partial charge is 0.373 e. The van der Waals surface area contributed by atoms with Crippen LogP contribution in [0.4, 0.5) is 5.82 Å². The van der Waals surface area contributed by atoms with Crippen LogP contribution in [-0.2, 0) is 6.42 Å². The first-order valence-electron chi connectivity index (χ1n) is 6.22. The van der Waals surface area contributed by atoms with Crippen molar-refractivity contribution in [2.45, 2.75) is 25.9 Å². The molecule has 1 unspecified atom stereocenters. The average molecular weight is 257 g/mol. The predicted molar refractivity (Wildman–Crippen MR) is 72.6 cm³/mol. The summed E-state index contributed by atoms with van der Waals surface area (Å²) in [5.74, 6) is 1.72. The van der Waals surface area contributed by atoms with E-state index in [1.165, 1.54) is 0 Å². The first-order valence-corrected chi connectivity index (χ1v) is 6.22. The van der Waals surface area contributed by atoms with E-state index < -0.39 is 0 Å². The monoisotopic (exact) mass is 257 g/mol. The van der Waals surface area contributed by atoms with Crippen LogP contribution in [0.25, 0.3) is 5.65 Å². The van der Waals surface area contributed by atoms with Crippen LogP contribution in [0.15, 0.2) is 33.8 Å². The third kappa shape index (κ3) is 2.18. The molecule has 98 valence electrons. The summed E-state index contributed by atoms with van der Waals surface area (Å²) in [6, 6.07) is 1.89. The molecule has 19 heavy (non-hydrogen) atoms. The number of nitrogens with one attached hydrogen (secondary N) is 1. The molecule has 7 nitrogen and oxygen atoms in total. The predicted octanol–water partition coefficient (Wildman–Crippen LogP) is 1.91. The number of hydrogen-bond acceptors (Lipinski definition) is 6. The summed E-state index contributed by atoms with van der Waals surface area (Å²) in [4.78, 5) is 13.0. The number of anilines is 1. The number of nitrogens with zero attached hydrogens (tertiary/aromatic N) is 6. The molecule has 0 aliphatic carbocycles. The summed E-state index contributed by atoms with van der Waals surface area (Å²) in [6.45, 7) is 1.86. The Labute approximate surface area is 110 Å². The highest BCUT2D eigenvalue weighted by atomic mass is 15.3. The quantitative estimate of drug-likeness (QED) is 0.908. The average Bonchev–Trinajstić information content (AvgIpc) is 2.99. The Kier molecular flexibility index (Phi) is 2.94. The number of aliphatic imine (C=N–C) groups is 1. The van der Waals surface area contributed by atoms with Gasteiger partial charge in [0, 0.05) is 13.2 Å². The van der Waals surface area contributed by atoms with Gasteiger partial charge in [0.1, 0.15) is 23.6 Å². The van der Waals surface area contributed by atoms with Crippen LogP contribution in [0, 0.1) is 0 Å². The third-order valence-electron chi connectivity index (χ3n) is 3.05. The van der Waals surface area contributed by atoms with Gasteiger partial charge >= 0.3 is 0 Å². The van der Waals surface area contributed by atoms with Gasteiger partial charge in [-0.1, -0.05) is 0 Å². The number of fused-ring (bicyclic) bond motifs is 1. The van der Waals surface area contributed by atoms with E-state index in [0.717, 1.165) is 35.8 Å². The zero-order valence-corrected chi connectivity index (χ0v) is 10.9. The first-order chi connectivity index (χ1) is 9.28. The van der Waals surface area contributed by atoms with Gasteiger partial charge in [-0.25, -0.2) is 15.0 Å². The fourth-order valence-corrected chi connectivity index (χ4v) is 2.19. The van der Waals surface area contributed by atoms with Gasteiger partial charge in [-0.2, -0.15) is 5.11 Å². The minimum Gasteiger partial charge on any atom is -0.373 e. The Morgan fingerprint density at radius 1 is 1.42 bits per heavy atom. The van der Waals surface area contributed by atoms with E-state index in [4.69, 9.17) is 0 Å². The van der Waals surface area contributed by atoms with Crippen LogP contribution in [0.3, 0.4) is 0 Å². The molecular formula is C12H15N7. The standard InChI is InChI=1S/C12H15N7/c1-8-15-10(18-17-8)4-3-9-12(13-2)19-7-14-6-5-11(19)16-9/h5-7,10,13H,3-4H2,1-2H3. The van der Waals surface area contributed by atoms with Crippen molar-refractivity contribution in [3.63, 3.8) is 0 Å². The topological polar surface area (TPSA) is 79.3 Å². The molecule has 0 spiro atoms. The molecule has 7 heteroatoms. The Morgan fingerprint density at radius 2 is 2.32 bits per heavy atom. The van der Waals surface area contributed by atoms with E-state index in [2.05, 4.69) is 30.5 Å². The van der Waals surface area contributed by atoms with Crippen molar-refractivity contribution in [3.8, 4) is 0 Å². The molecule has 0 saturated carbocycles. The van der Waals surface area contributed by atoms with E-state index in [9.17, 15) is 0 Å². The zero-order chi connectivity index (χ0) is 13.2. The summed E-state index contributed by atoms with van der Waals surface area (Å²) in [7, 11) is 1.89. The van der Waals surface area contributed by atoms with Crippen LogP contribution < -0.4 is 5.32 Å². The van der Waals surface area contributed by atoms with Crippen molar-refractivity contribution < 1.29 is 0 Å². The van der Waals surface area contributed by atoms with Crippen LogP contribution in [0.1, 0.15) is 19.0 Å². The van der Waals surface area contributed by atoms with Crippen LogP contribution in [0.2, 0.25) is 0 Å². The maximum Gasteiger partial charge on any atom is 0.163 e. The van der Waals surface area contributed by atoms with E-state index in [1.807, 2.05) is 24.4 Å². The Bertz CT molecular complexity index is 655. The smallest absolute Gasteiger partial charge is 0.163 e. The van der Waals surface area contributed by atoms with Crippen molar-refractivity contribution in [1.82, 2.24) is 14.4 Å². The molecule has 1 aliphatic heterocycles. The number of imidazole rings is 1. The van der Waals surface area contributed by atoms with Gasteiger partial charge in [-0.15, -0.1) is 5.11 Å². The third-order valence-corrected chi connectivity index (χ3v) is 3.05. The highest BCUT2D eigenvalue weighted by Gasteiger charge is 2.15. The summed E-state index contributed by atoms with van der Waals surface area (Å²) in [5.41, 5.74) is 1.90. The zero-order valence-electron chi connectivity index (χ0n) is 10.9. The highest BCUT2D eigenvalue weighted by Crippen LogP contribution is 2.20. The van der Waals surface area contributed by atoms with E-state index in [1.54, 1.807) is 12.5 Å². The normalized spacial score (nSPS) is 18.0. The van der Waals surface area contributed by atoms with Crippen molar-refractivity contribution in [2.75, 3.05) is 12.4 Å². The molecule has 3 heterocycles. The van der Waals surface area contributed by atoms with Gasteiger partial charge < -0.3 is 5.32 Å². The second-order valence-corrected chi connectivity index (χ2v) is 4.38. The number of amidine groups is 1. The lowest BCUT2D eigenvalue weighted by Gasteiger charge is -2.04. The minimum absolute atomic E-state index is 0.0624. The molecule has 0 amide bonds. The molecule has 1 atom stereocenters. The Hall–Kier alpha value is -2.31. The summed E-state index contributed by atoms with van der Waals surface area (Å²) >= 11 is 0. The fraction of sp³-hybridized carbons (Fsp3) is 0.417. The molecule has 0 saturated heterocycles. The number of hydrogen-bond donors (Lipinski definition) is 1. The molecular weight excluding hydrogens is 242 g/mol. The second kappa shape index (κ2) is 4.75. The molecule has 3 rings (SSSR count). The van der Waals surface area contributed by atoms with Gasteiger partial charge in [0.05, 0.1) is 5.69 Å². The van der Waals surface area contributed by atoms with Crippen molar-refractivity contribution >= 4 is 17.3 Å². The highest BCUT2D eigenvalue weighted by molar-refractivity contribution is 5.80. The van der Waals surface area contributed by atoms with Gasteiger partial charge in [0.2, 0.25) is 0 Å². The SMILES string of the molecule is CNc1c(CCC2N=NC(C)=N2)nc2ccncn12. The summed E-state index contributed by atoms with van der Waals surface area (Å²) in [5, 5.41) is 11.2. The van der Waals surface area contributed by atoms with Crippen LogP contribution >= 0.6 is 0 Å². The summed E-state index contributed by atoms with van der Waals surface area (Å²) < 4.78 is 1.94. The van der Waals surface area contributed by atoms with E-state index in [0.29, 0.717) is 0 Å². The maximum absolute atomic E-state index is 4.60. The van der Waals surface area contributed by atoms with E-state index in [-0.39, 0.29) is 6.17 Å². The minimum atomic E-state index is -0.0624. The number of rotatable bonds is 4.